The zero-order chi connectivity index (χ0) is 14.5. The summed E-state index contributed by atoms with van der Waals surface area (Å²) in [6.45, 7) is 6.04. The molecule has 1 aromatic rings. The molecule has 0 radical (unpaired) electrons. The van der Waals surface area contributed by atoms with Crippen molar-refractivity contribution in [3.63, 3.8) is 0 Å². The van der Waals surface area contributed by atoms with Gasteiger partial charge in [-0.1, -0.05) is 50.1 Å². The minimum Gasteiger partial charge on any atom is -0.311 e. The highest BCUT2D eigenvalue weighted by molar-refractivity contribution is 5.14. The summed E-state index contributed by atoms with van der Waals surface area (Å²) >= 11 is 0. The molecule has 0 spiro atoms. The van der Waals surface area contributed by atoms with E-state index in [1.807, 2.05) is 0 Å². The van der Waals surface area contributed by atoms with E-state index in [-0.39, 0.29) is 0 Å². The lowest BCUT2D eigenvalue weighted by molar-refractivity contribution is 0.166. The summed E-state index contributed by atoms with van der Waals surface area (Å²) in [5, 5.41) is 3.97. The number of nitrogens with one attached hydrogen (secondary N) is 1. The molecule has 0 bridgehead atoms. The van der Waals surface area contributed by atoms with Gasteiger partial charge in [0.05, 0.1) is 0 Å². The highest BCUT2D eigenvalue weighted by Crippen LogP contribution is 2.25. The molecule has 1 saturated heterocycles. The van der Waals surface area contributed by atoms with E-state index >= 15 is 0 Å². The molecule has 1 heterocycles. The Morgan fingerprint density at radius 2 is 1.71 bits per heavy atom. The van der Waals surface area contributed by atoms with Gasteiger partial charge >= 0.3 is 0 Å². The molecule has 3 rings (SSSR count). The van der Waals surface area contributed by atoms with Gasteiger partial charge in [0.1, 0.15) is 0 Å². The quantitative estimate of drug-likeness (QED) is 0.905. The third kappa shape index (κ3) is 4.31. The number of likely N-dealkylation sites (tertiary alicyclic amines) is 1. The van der Waals surface area contributed by atoms with E-state index in [0.717, 1.165) is 24.5 Å². The molecule has 0 amide bonds. The smallest absolute Gasteiger partial charge is 0.0233 e. The molecule has 2 aliphatic rings. The first-order valence-corrected chi connectivity index (χ1v) is 8.83. The van der Waals surface area contributed by atoms with E-state index in [1.165, 1.54) is 57.2 Å². The molecule has 2 fully saturated rings. The van der Waals surface area contributed by atoms with E-state index in [2.05, 4.69) is 47.5 Å². The number of rotatable bonds is 4. The fraction of sp³-hybridized carbons (Fsp3) is 0.684. The predicted molar refractivity (Wildman–Crippen MR) is 89.3 cm³/mol. The summed E-state index contributed by atoms with van der Waals surface area (Å²) in [4.78, 5) is 2.61. The first kappa shape index (κ1) is 15.1. The molecule has 1 aliphatic heterocycles. The van der Waals surface area contributed by atoms with Gasteiger partial charge in [0.2, 0.25) is 0 Å². The van der Waals surface area contributed by atoms with Gasteiger partial charge in [-0.25, -0.2) is 0 Å². The molecular weight excluding hydrogens is 256 g/mol. The molecule has 2 atom stereocenters. The summed E-state index contributed by atoms with van der Waals surface area (Å²) in [6, 6.07) is 12.4. The lowest BCUT2D eigenvalue weighted by Crippen LogP contribution is -2.48. The fourth-order valence-corrected chi connectivity index (χ4v) is 3.97. The van der Waals surface area contributed by atoms with Gasteiger partial charge in [-0.3, -0.25) is 4.90 Å². The molecule has 21 heavy (non-hydrogen) atoms. The van der Waals surface area contributed by atoms with Crippen LogP contribution in [-0.4, -0.2) is 30.1 Å². The van der Waals surface area contributed by atoms with Crippen molar-refractivity contribution in [3.05, 3.63) is 35.9 Å². The van der Waals surface area contributed by atoms with Crippen molar-refractivity contribution in [2.75, 3.05) is 13.1 Å². The topological polar surface area (TPSA) is 15.3 Å². The van der Waals surface area contributed by atoms with Crippen LogP contribution in [0.5, 0.6) is 0 Å². The first-order chi connectivity index (χ1) is 10.3. The molecule has 1 aliphatic carbocycles. The second-order valence-corrected chi connectivity index (χ2v) is 7.07. The van der Waals surface area contributed by atoms with Crippen molar-refractivity contribution in [2.45, 2.75) is 64.1 Å². The van der Waals surface area contributed by atoms with Crippen LogP contribution in [0, 0.1) is 5.92 Å². The average molecular weight is 286 g/mol. The maximum absolute atomic E-state index is 3.97. The van der Waals surface area contributed by atoms with Crippen LogP contribution in [0.2, 0.25) is 0 Å². The number of hydrogen-bond acceptors (Lipinski definition) is 2. The third-order valence-corrected chi connectivity index (χ3v) is 5.40. The van der Waals surface area contributed by atoms with Crippen LogP contribution >= 0.6 is 0 Å². The SMILES string of the molecule is C[C@@H]1CCCC[C@@H]1NC1CCN(Cc2ccccc2)CC1. The normalized spacial score (nSPS) is 28.6. The zero-order valence-corrected chi connectivity index (χ0v) is 13.4. The summed E-state index contributed by atoms with van der Waals surface area (Å²) in [5.74, 6) is 0.876. The van der Waals surface area contributed by atoms with E-state index in [1.54, 1.807) is 0 Å². The summed E-state index contributed by atoms with van der Waals surface area (Å²) < 4.78 is 0. The lowest BCUT2D eigenvalue weighted by atomic mass is 9.85. The van der Waals surface area contributed by atoms with Crippen LogP contribution in [0.15, 0.2) is 30.3 Å². The maximum atomic E-state index is 3.97. The van der Waals surface area contributed by atoms with E-state index in [9.17, 15) is 0 Å². The van der Waals surface area contributed by atoms with Crippen molar-refractivity contribution in [3.8, 4) is 0 Å². The summed E-state index contributed by atoms with van der Waals surface area (Å²) in [7, 11) is 0. The van der Waals surface area contributed by atoms with Crippen molar-refractivity contribution in [1.82, 2.24) is 10.2 Å². The Labute approximate surface area is 129 Å². The minimum absolute atomic E-state index is 0.752. The highest BCUT2D eigenvalue weighted by atomic mass is 15.1. The van der Waals surface area contributed by atoms with Crippen LogP contribution in [0.4, 0.5) is 0 Å². The van der Waals surface area contributed by atoms with Crippen molar-refractivity contribution >= 4 is 0 Å². The maximum Gasteiger partial charge on any atom is 0.0233 e. The van der Waals surface area contributed by atoms with E-state index in [0.29, 0.717) is 0 Å². The van der Waals surface area contributed by atoms with Crippen LogP contribution in [0.25, 0.3) is 0 Å². The number of hydrogen-bond donors (Lipinski definition) is 1. The van der Waals surface area contributed by atoms with Crippen molar-refractivity contribution in [1.29, 1.82) is 0 Å². The third-order valence-electron chi connectivity index (χ3n) is 5.40. The van der Waals surface area contributed by atoms with E-state index < -0.39 is 0 Å². The molecule has 1 N–H and O–H groups in total. The number of nitrogens with zero attached hydrogens (tertiary/aromatic N) is 1. The molecule has 1 aromatic carbocycles. The largest absolute Gasteiger partial charge is 0.311 e. The molecule has 0 unspecified atom stereocenters. The molecule has 116 valence electrons. The van der Waals surface area contributed by atoms with E-state index in [4.69, 9.17) is 0 Å². The van der Waals surface area contributed by atoms with Gasteiger partial charge < -0.3 is 5.32 Å². The van der Waals surface area contributed by atoms with Gasteiger partial charge in [-0.2, -0.15) is 0 Å². The zero-order valence-electron chi connectivity index (χ0n) is 13.4. The van der Waals surface area contributed by atoms with Crippen LogP contribution in [-0.2, 0) is 6.54 Å². The second kappa shape index (κ2) is 7.42. The Kier molecular flexibility index (Phi) is 5.32. The molecule has 1 saturated carbocycles. The van der Waals surface area contributed by atoms with Crippen LogP contribution in [0.1, 0.15) is 51.0 Å². The summed E-state index contributed by atoms with van der Waals surface area (Å²) in [6.07, 6.45) is 8.31. The fourth-order valence-electron chi connectivity index (χ4n) is 3.97. The van der Waals surface area contributed by atoms with Crippen molar-refractivity contribution < 1.29 is 0 Å². The summed E-state index contributed by atoms with van der Waals surface area (Å²) in [5.41, 5.74) is 1.45. The Bertz CT molecular complexity index is 409. The van der Waals surface area contributed by atoms with Crippen LogP contribution in [0.3, 0.4) is 0 Å². The number of piperidine rings is 1. The van der Waals surface area contributed by atoms with Gasteiger partial charge in [0, 0.05) is 18.6 Å². The minimum atomic E-state index is 0.752. The molecule has 0 aromatic heterocycles. The highest BCUT2D eigenvalue weighted by Gasteiger charge is 2.26. The molecule has 2 heteroatoms. The first-order valence-electron chi connectivity index (χ1n) is 8.83. The predicted octanol–water partition coefficient (Wildman–Crippen LogP) is 3.82. The Morgan fingerprint density at radius 1 is 1.00 bits per heavy atom. The Morgan fingerprint density at radius 3 is 2.43 bits per heavy atom. The van der Waals surface area contributed by atoms with Gasteiger partial charge in [0.15, 0.2) is 0 Å². The Balaban J connectivity index is 1.42. The van der Waals surface area contributed by atoms with Crippen molar-refractivity contribution in [2.24, 2.45) is 5.92 Å². The van der Waals surface area contributed by atoms with Crippen LogP contribution < -0.4 is 5.32 Å². The standard InChI is InChI=1S/C19H30N2/c1-16-7-5-6-10-19(16)20-18-11-13-21(14-12-18)15-17-8-3-2-4-9-17/h2-4,8-9,16,18-20H,5-7,10-15H2,1H3/t16-,19+/m1/s1. The van der Waals surface area contributed by atoms with Gasteiger partial charge in [-0.05, 0) is 50.3 Å². The average Bonchev–Trinajstić information content (AvgIpc) is 2.52. The lowest BCUT2D eigenvalue weighted by Gasteiger charge is -2.37. The number of benzene rings is 1. The van der Waals surface area contributed by atoms with Gasteiger partial charge in [0.25, 0.3) is 0 Å². The monoisotopic (exact) mass is 286 g/mol. The molecular formula is C19H30N2. The molecule has 2 nitrogen and oxygen atoms in total. The Hall–Kier alpha value is -0.860. The van der Waals surface area contributed by atoms with Gasteiger partial charge in [-0.15, -0.1) is 0 Å². The second-order valence-electron chi connectivity index (χ2n) is 7.07.